The highest BCUT2D eigenvalue weighted by molar-refractivity contribution is 8.03. The van der Waals surface area contributed by atoms with E-state index in [-0.39, 0.29) is 18.2 Å². The topological polar surface area (TPSA) is 71.3 Å². The number of hydrogen-bond donors (Lipinski definition) is 1. The fourth-order valence-electron chi connectivity index (χ4n) is 3.17. The van der Waals surface area contributed by atoms with E-state index in [1.165, 1.54) is 11.8 Å². The number of hydrogen-bond acceptors (Lipinski definition) is 5. The Balaban J connectivity index is 1.91. The SMILES string of the molecule is C=C(C)CSC1=C(C#N)C(c2ccc(OC)c(OCc3ccccc3)c2)CC(=O)N1. The van der Waals surface area contributed by atoms with E-state index in [1.54, 1.807) is 7.11 Å². The first kappa shape index (κ1) is 21.5. The fourth-order valence-corrected chi connectivity index (χ4v) is 4.09. The Bertz CT molecular complexity index is 1010. The smallest absolute Gasteiger partial charge is 0.225 e. The predicted octanol–water partition coefficient (Wildman–Crippen LogP) is 4.92. The van der Waals surface area contributed by atoms with Crippen LogP contribution in [0.4, 0.5) is 0 Å². The van der Waals surface area contributed by atoms with Crippen LogP contribution in [0.3, 0.4) is 0 Å². The van der Waals surface area contributed by atoms with Crippen molar-refractivity contribution in [1.82, 2.24) is 5.32 Å². The predicted molar refractivity (Wildman–Crippen MR) is 119 cm³/mol. The van der Waals surface area contributed by atoms with Crippen LogP contribution in [0.1, 0.15) is 30.4 Å². The van der Waals surface area contributed by atoms with Crippen molar-refractivity contribution in [1.29, 1.82) is 5.26 Å². The Morgan fingerprint density at radius 1 is 1.27 bits per heavy atom. The molecule has 154 valence electrons. The standard InChI is InChI=1S/C24H24N2O3S/c1-16(2)15-30-24-20(13-25)19(12-23(27)26-24)18-9-10-21(28-3)22(11-18)29-14-17-7-5-4-6-8-17/h4-11,19H,1,12,14-15H2,2-3H3,(H,26,27). The van der Waals surface area contributed by atoms with Gasteiger partial charge in [-0.25, -0.2) is 0 Å². The molecule has 0 fully saturated rings. The summed E-state index contributed by atoms with van der Waals surface area (Å²) in [6.45, 7) is 6.21. The van der Waals surface area contributed by atoms with Gasteiger partial charge in [0.05, 0.1) is 23.8 Å². The van der Waals surface area contributed by atoms with Crippen LogP contribution in [-0.2, 0) is 11.4 Å². The van der Waals surface area contributed by atoms with E-state index in [2.05, 4.69) is 18.0 Å². The van der Waals surface area contributed by atoms with E-state index in [0.29, 0.717) is 34.5 Å². The second kappa shape index (κ2) is 10.0. The summed E-state index contributed by atoms with van der Waals surface area (Å²) in [6.07, 6.45) is 0.213. The minimum Gasteiger partial charge on any atom is -0.493 e. The van der Waals surface area contributed by atoms with Gasteiger partial charge in [0.1, 0.15) is 6.61 Å². The number of allylic oxidation sites excluding steroid dienone is 1. The normalized spacial score (nSPS) is 15.9. The molecule has 0 spiro atoms. The lowest BCUT2D eigenvalue weighted by molar-refractivity contribution is -0.120. The van der Waals surface area contributed by atoms with Gasteiger partial charge in [0.25, 0.3) is 0 Å². The fraction of sp³-hybridized carbons (Fsp3) is 0.250. The van der Waals surface area contributed by atoms with Gasteiger partial charge in [-0.2, -0.15) is 5.26 Å². The number of benzene rings is 2. The first-order valence-corrected chi connectivity index (χ1v) is 10.6. The van der Waals surface area contributed by atoms with Crippen LogP contribution in [-0.4, -0.2) is 18.8 Å². The molecule has 1 aliphatic rings. The summed E-state index contributed by atoms with van der Waals surface area (Å²) < 4.78 is 11.4. The molecule has 1 N–H and O–H groups in total. The maximum atomic E-state index is 12.3. The molecule has 2 aromatic carbocycles. The van der Waals surface area contributed by atoms with Gasteiger partial charge in [-0.05, 0) is 30.2 Å². The van der Waals surface area contributed by atoms with Crippen LogP contribution in [0.2, 0.25) is 0 Å². The molecule has 0 saturated heterocycles. The first-order chi connectivity index (χ1) is 14.5. The molecule has 3 rings (SSSR count). The Labute approximate surface area is 181 Å². The van der Waals surface area contributed by atoms with Crippen molar-refractivity contribution in [3.8, 4) is 17.6 Å². The molecule has 2 aromatic rings. The van der Waals surface area contributed by atoms with Crippen molar-refractivity contribution < 1.29 is 14.3 Å². The Morgan fingerprint density at radius 2 is 2.03 bits per heavy atom. The average molecular weight is 421 g/mol. The van der Waals surface area contributed by atoms with Gasteiger partial charge >= 0.3 is 0 Å². The summed E-state index contributed by atoms with van der Waals surface area (Å²) in [7, 11) is 1.59. The van der Waals surface area contributed by atoms with Crippen molar-refractivity contribution in [2.75, 3.05) is 12.9 Å². The van der Waals surface area contributed by atoms with Crippen molar-refractivity contribution in [2.45, 2.75) is 25.9 Å². The summed E-state index contributed by atoms with van der Waals surface area (Å²) in [4.78, 5) is 12.3. The van der Waals surface area contributed by atoms with E-state index >= 15 is 0 Å². The van der Waals surface area contributed by atoms with Crippen LogP contribution in [0, 0.1) is 11.3 Å². The molecule has 6 heteroatoms. The molecule has 1 heterocycles. The molecule has 1 unspecified atom stereocenters. The number of thioether (sulfide) groups is 1. The zero-order chi connectivity index (χ0) is 21.5. The second-order valence-electron chi connectivity index (χ2n) is 7.09. The second-order valence-corrected chi connectivity index (χ2v) is 8.08. The van der Waals surface area contributed by atoms with Gasteiger partial charge in [0, 0.05) is 18.1 Å². The highest BCUT2D eigenvalue weighted by Crippen LogP contribution is 2.39. The third kappa shape index (κ3) is 5.25. The number of nitrogens with one attached hydrogen (secondary N) is 1. The van der Waals surface area contributed by atoms with Gasteiger partial charge < -0.3 is 14.8 Å². The zero-order valence-corrected chi connectivity index (χ0v) is 17.9. The molecule has 0 aromatic heterocycles. The number of nitrogens with zero attached hydrogens (tertiary/aromatic N) is 1. The number of rotatable bonds is 8. The molecule has 30 heavy (non-hydrogen) atoms. The lowest BCUT2D eigenvalue weighted by Crippen LogP contribution is -2.31. The van der Waals surface area contributed by atoms with Crippen LogP contribution in [0.5, 0.6) is 11.5 Å². The molecule has 1 aliphatic heterocycles. The Hall–Kier alpha value is -3.17. The summed E-state index contributed by atoms with van der Waals surface area (Å²) in [6, 6.07) is 17.7. The van der Waals surface area contributed by atoms with Gasteiger partial charge in [0.2, 0.25) is 5.91 Å². The number of carbonyl (C=O) groups is 1. The summed E-state index contributed by atoms with van der Waals surface area (Å²) in [5.74, 6) is 1.39. The van der Waals surface area contributed by atoms with E-state index in [9.17, 15) is 10.1 Å². The van der Waals surface area contributed by atoms with Crippen molar-refractivity contribution >= 4 is 17.7 Å². The molecule has 1 amide bonds. The minimum atomic E-state index is -0.332. The van der Waals surface area contributed by atoms with E-state index < -0.39 is 0 Å². The number of carbonyl (C=O) groups excluding carboxylic acids is 1. The molecule has 0 bridgehead atoms. The quantitative estimate of drug-likeness (QED) is 0.614. The molecule has 0 saturated carbocycles. The summed E-state index contributed by atoms with van der Waals surface area (Å²) >= 11 is 1.43. The van der Waals surface area contributed by atoms with Crippen molar-refractivity contribution in [3.05, 3.63) is 82.4 Å². The van der Waals surface area contributed by atoms with Crippen LogP contribution in [0.25, 0.3) is 0 Å². The van der Waals surface area contributed by atoms with E-state index in [0.717, 1.165) is 16.7 Å². The number of nitriles is 1. The molecular formula is C24H24N2O3S. The number of amides is 1. The maximum absolute atomic E-state index is 12.3. The largest absolute Gasteiger partial charge is 0.493 e. The first-order valence-electron chi connectivity index (χ1n) is 9.57. The third-order valence-corrected chi connectivity index (χ3v) is 5.89. The highest BCUT2D eigenvalue weighted by Gasteiger charge is 2.30. The van der Waals surface area contributed by atoms with E-state index in [1.807, 2.05) is 55.5 Å². The molecular weight excluding hydrogens is 396 g/mol. The van der Waals surface area contributed by atoms with E-state index in [4.69, 9.17) is 9.47 Å². The Kier molecular flexibility index (Phi) is 7.21. The number of ether oxygens (including phenoxy) is 2. The molecule has 5 nitrogen and oxygen atoms in total. The lowest BCUT2D eigenvalue weighted by atomic mass is 9.87. The summed E-state index contributed by atoms with van der Waals surface area (Å²) in [5, 5.41) is 13.3. The van der Waals surface area contributed by atoms with Crippen LogP contribution >= 0.6 is 11.8 Å². The van der Waals surface area contributed by atoms with Gasteiger partial charge in [-0.15, -0.1) is 11.8 Å². The minimum absolute atomic E-state index is 0.106. The number of methoxy groups -OCH3 is 1. The molecule has 1 atom stereocenters. The lowest BCUT2D eigenvalue weighted by Gasteiger charge is -2.25. The van der Waals surface area contributed by atoms with Gasteiger partial charge in [-0.1, -0.05) is 48.6 Å². The van der Waals surface area contributed by atoms with Crippen molar-refractivity contribution in [2.24, 2.45) is 0 Å². The van der Waals surface area contributed by atoms with Crippen molar-refractivity contribution in [3.63, 3.8) is 0 Å². The van der Waals surface area contributed by atoms with Gasteiger partial charge in [0.15, 0.2) is 11.5 Å². The third-order valence-electron chi connectivity index (χ3n) is 4.65. The average Bonchev–Trinajstić information content (AvgIpc) is 2.76. The highest BCUT2D eigenvalue weighted by atomic mass is 32.2. The zero-order valence-electron chi connectivity index (χ0n) is 17.1. The molecule has 0 aliphatic carbocycles. The van der Waals surface area contributed by atoms with Gasteiger partial charge in [-0.3, -0.25) is 4.79 Å². The summed E-state index contributed by atoms with van der Waals surface area (Å²) in [5.41, 5.74) is 3.42. The Morgan fingerprint density at radius 3 is 2.70 bits per heavy atom. The molecule has 0 radical (unpaired) electrons. The maximum Gasteiger partial charge on any atom is 0.225 e. The van der Waals surface area contributed by atoms with Crippen LogP contribution < -0.4 is 14.8 Å². The van der Waals surface area contributed by atoms with Crippen LogP contribution in [0.15, 0.2) is 71.3 Å². The monoisotopic (exact) mass is 420 g/mol.